The fourth-order valence-electron chi connectivity index (χ4n) is 4.99. The summed E-state index contributed by atoms with van der Waals surface area (Å²) in [7, 11) is 1.66. The van der Waals surface area contributed by atoms with Crippen molar-refractivity contribution in [2.75, 3.05) is 12.4 Å². The molecule has 0 aliphatic heterocycles. The minimum atomic E-state index is 0.646. The van der Waals surface area contributed by atoms with Crippen LogP contribution in [0.5, 0.6) is 5.75 Å². The summed E-state index contributed by atoms with van der Waals surface area (Å²) in [4.78, 5) is 4.88. The Morgan fingerprint density at radius 3 is 2.56 bits per heavy atom. The van der Waals surface area contributed by atoms with Crippen molar-refractivity contribution in [3.05, 3.63) is 83.0 Å². The fraction of sp³-hybridized carbons (Fsp3) is 0.241. The molecule has 2 aromatic carbocycles. The van der Waals surface area contributed by atoms with E-state index in [-0.39, 0.29) is 0 Å². The number of para-hydroxylation sites is 1. The Kier molecular flexibility index (Phi) is 5.60. The topological polar surface area (TPSA) is 77.8 Å². The van der Waals surface area contributed by atoms with E-state index in [1.165, 1.54) is 30.4 Å². The Morgan fingerprint density at radius 1 is 0.889 bits per heavy atom. The molecular weight excluding hydrogens is 448 g/mol. The van der Waals surface area contributed by atoms with Gasteiger partial charge in [0.25, 0.3) is 0 Å². The molecule has 6 rings (SSSR count). The quantitative estimate of drug-likeness (QED) is 0.329. The number of pyridine rings is 1. The second-order valence-electron chi connectivity index (χ2n) is 9.36. The second kappa shape index (κ2) is 9.07. The number of hydrogen-bond donors (Lipinski definition) is 1. The molecule has 0 spiro atoms. The van der Waals surface area contributed by atoms with E-state index < -0.39 is 0 Å². The number of anilines is 2. The van der Waals surface area contributed by atoms with Gasteiger partial charge in [-0.3, -0.25) is 0 Å². The minimum absolute atomic E-state index is 0.646. The number of ether oxygens (including phenoxy) is 1. The van der Waals surface area contributed by atoms with Crippen LogP contribution >= 0.6 is 0 Å². The van der Waals surface area contributed by atoms with Gasteiger partial charge in [0.2, 0.25) is 0 Å². The fourth-order valence-corrected chi connectivity index (χ4v) is 4.99. The zero-order chi connectivity index (χ0) is 24.6. The lowest BCUT2D eigenvalue weighted by molar-refractivity contribution is 0.419. The molecule has 3 heterocycles. The number of fused-ring (bicyclic) bond motifs is 2. The van der Waals surface area contributed by atoms with E-state index >= 15 is 0 Å². The molecule has 7 heteroatoms. The Morgan fingerprint density at radius 2 is 1.75 bits per heavy atom. The summed E-state index contributed by atoms with van der Waals surface area (Å²) in [5, 5.41) is 18.1. The first kappa shape index (κ1) is 22.2. The van der Waals surface area contributed by atoms with Crippen molar-refractivity contribution in [1.82, 2.24) is 25.0 Å². The molecule has 0 saturated carbocycles. The van der Waals surface area contributed by atoms with Gasteiger partial charge in [0.05, 0.1) is 18.5 Å². The maximum absolute atomic E-state index is 5.56. The summed E-state index contributed by atoms with van der Waals surface area (Å²) in [6, 6.07) is 20.6. The highest BCUT2D eigenvalue weighted by Gasteiger charge is 2.15. The second-order valence-corrected chi connectivity index (χ2v) is 9.36. The molecule has 7 nitrogen and oxygen atoms in total. The lowest BCUT2D eigenvalue weighted by Gasteiger charge is -2.16. The first-order valence-corrected chi connectivity index (χ1v) is 12.3. The summed E-state index contributed by atoms with van der Waals surface area (Å²) in [5.41, 5.74) is 7.67. The zero-order valence-corrected chi connectivity index (χ0v) is 20.7. The Hall–Kier alpha value is -4.26. The summed E-state index contributed by atoms with van der Waals surface area (Å²) >= 11 is 0. The zero-order valence-electron chi connectivity index (χ0n) is 20.7. The van der Waals surface area contributed by atoms with E-state index in [2.05, 4.69) is 51.8 Å². The SMILES string of the molecule is COc1cccc2c(C)cc(-n3nc(C)cc3Nc3ccc(-c4ccc5c(c4)CCCC5)nn3)nc12. The number of aromatic nitrogens is 5. The van der Waals surface area contributed by atoms with Crippen LogP contribution in [0.25, 0.3) is 28.0 Å². The van der Waals surface area contributed by atoms with Crippen LogP contribution < -0.4 is 10.1 Å². The summed E-state index contributed by atoms with van der Waals surface area (Å²) in [6.45, 7) is 4.03. The van der Waals surface area contributed by atoms with Crippen molar-refractivity contribution < 1.29 is 4.74 Å². The highest BCUT2D eigenvalue weighted by atomic mass is 16.5. The van der Waals surface area contributed by atoms with E-state index in [9.17, 15) is 0 Å². The molecule has 0 bridgehead atoms. The number of methoxy groups -OCH3 is 1. The van der Waals surface area contributed by atoms with Crippen LogP contribution in [-0.4, -0.2) is 32.1 Å². The number of rotatable bonds is 5. The smallest absolute Gasteiger partial charge is 0.156 e. The summed E-state index contributed by atoms with van der Waals surface area (Å²) in [5.74, 6) is 2.86. The third kappa shape index (κ3) is 4.06. The number of hydrogen-bond acceptors (Lipinski definition) is 6. The van der Waals surface area contributed by atoms with Gasteiger partial charge in [-0.15, -0.1) is 10.2 Å². The van der Waals surface area contributed by atoms with Gasteiger partial charge in [0.15, 0.2) is 11.6 Å². The van der Waals surface area contributed by atoms with E-state index in [0.29, 0.717) is 11.6 Å². The highest BCUT2D eigenvalue weighted by molar-refractivity contribution is 5.88. The van der Waals surface area contributed by atoms with E-state index in [1.54, 1.807) is 11.8 Å². The molecular formula is C29H28N6O. The van der Waals surface area contributed by atoms with Gasteiger partial charge in [-0.05, 0) is 86.6 Å². The van der Waals surface area contributed by atoms with Gasteiger partial charge in [-0.2, -0.15) is 9.78 Å². The van der Waals surface area contributed by atoms with Crippen LogP contribution in [0.3, 0.4) is 0 Å². The largest absolute Gasteiger partial charge is 0.494 e. The molecule has 0 amide bonds. The Bertz CT molecular complexity index is 1570. The predicted octanol–water partition coefficient (Wildman–Crippen LogP) is 6.13. The van der Waals surface area contributed by atoms with Gasteiger partial charge >= 0.3 is 0 Å². The van der Waals surface area contributed by atoms with Crippen molar-refractivity contribution >= 4 is 22.5 Å². The van der Waals surface area contributed by atoms with Crippen LogP contribution in [0.4, 0.5) is 11.6 Å². The molecule has 0 radical (unpaired) electrons. The maximum Gasteiger partial charge on any atom is 0.156 e. The first-order chi connectivity index (χ1) is 17.6. The van der Waals surface area contributed by atoms with E-state index in [4.69, 9.17) is 9.72 Å². The lowest BCUT2D eigenvalue weighted by Crippen LogP contribution is -2.07. The van der Waals surface area contributed by atoms with Crippen molar-refractivity contribution in [3.8, 4) is 22.8 Å². The van der Waals surface area contributed by atoms with Gasteiger partial charge in [0, 0.05) is 17.0 Å². The normalized spacial score (nSPS) is 13.0. The van der Waals surface area contributed by atoms with E-state index in [1.807, 2.05) is 43.3 Å². The van der Waals surface area contributed by atoms with Gasteiger partial charge < -0.3 is 10.1 Å². The summed E-state index contributed by atoms with van der Waals surface area (Å²) in [6.07, 6.45) is 4.87. The van der Waals surface area contributed by atoms with Gasteiger partial charge in [-0.1, -0.05) is 24.3 Å². The monoisotopic (exact) mass is 476 g/mol. The number of nitrogens with one attached hydrogen (secondary N) is 1. The molecule has 0 saturated heterocycles. The predicted molar refractivity (Wildman–Crippen MR) is 142 cm³/mol. The number of benzene rings is 2. The number of nitrogens with zero attached hydrogens (tertiary/aromatic N) is 5. The van der Waals surface area contributed by atoms with Crippen molar-refractivity contribution in [2.45, 2.75) is 39.5 Å². The maximum atomic E-state index is 5.56. The van der Waals surface area contributed by atoms with Crippen molar-refractivity contribution in [1.29, 1.82) is 0 Å². The molecule has 0 atom stereocenters. The molecule has 1 aliphatic carbocycles. The minimum Gasteiger partial charge on any atom is -0.494 e. The molecule has 1 aliphatic rings. The summed E-state index contributed by atoms with van der Waals surface area (Å²) < 4.78 is 7.36. The van der Waals surface area contributed by atoms with Crippen LogP contribution in [0.2, 0.25) is 0 Å². The standard InChI is InChI=1S/C29H28N6O/c1-18-15-27(31-29-23(18)9-6-10-25(29)36-3)35-28(16-19(2)34-35)30-26-14-13-24(32-33-26)22-12-11-20-7-4-5-8-21(20)17-22/h6,9-17H,4-5,7-8H2,1-3H3,(H,30,33). The van der Waals surface area contributed by atoms with Crippen LogP contribution in [0.15, 0.2) is 60.7 Å². The van der Waals surface area contributed by atoms with Crippen LogP contribution in [0, 0.1) is 13.8 Å². The third-order valence-corrected chi connectivity index (χ3v) is 6.83. The molecule has 3 aromatic heterocycles. The number of aryl methyl sites for hydroxylation is 4. The lowest BCUT2D eigenvalue weighted by atomic mass is 9.90. The Labute approximate surface area is 210 Å². The molecule has 0 unspecified atom stereocenters. The first-order valence-electron chi connectivity index (χ1n) is 12.3. The average molecular weight is 477 g/mol. The van der Waals surface area contributed by atoms with Gasteiger partial charge in [-0.25, -0.2) is 4.98 Å². The Balaban J connectivity index is 1.31. The average Bonchev–Trinajstić information content (AvgIpc) is 3.28. The van der Waals surface area contributed by atoms with Crippen molar-refractivity contribution in [2.24, 2.45) is 0 Å². The van der Waals surface area contributed by atoms with Crippen molar-refractivity contribution in [3.63, 3.8) is 0 Å². The third-order valence-electron chi connectivity index (χ3n) is 6.83. The molecule has 0 fully saturated rings. The van der Waals surface area contributed by atoms with Crippen LogP contribution in [0.1, 0.15) is 35.2 Å². The molecule has 1 N–H and O–H groups in total. The van der Waals surface area contributed by atoms with E-state index in [0.717, 1.165) is 51.4 Å². The molecule has 36 heavy (non-hydrogen) atoms. The van der Waals surface area contributed by atoms with Crippen LogP contribution in [-0.2, 0) is 12.8 Å². The molecule has 5 aromatic rings. The highest BCUT2D eigenvalue weighted by Crippen LogP contribution is 2.30. The van der Waals surface area contributed by atoms with Gasteiger partial charge in [0.1, 0.15) is 17.1 Å². The molecule has 180 valence electrons.